The van der Waals surface area contributed by atoms with Crippen molar-refractivity contribution in [3.05, 3.63) is 0 Å². The highest BCUT2D eigenvalue weighted by atomic mass is 19.1. The summed E-state index contributed by atoms with van der Waals surface area (Å²) in [4.78, 5) is 26.2. The number of aliphatic hydroxyl groups excluding tert-OH is 1. The number of halogens is 1. The van der Waals surface area contributed by atoms with Crippen LogP contribution in [0.3, 0.4) is 0 Å². The van der Waals surface area contributed by atoms with Gasteiger partial charge < -0.3 is 14.9 Å². The van der Waals surface area contributed by atoms with Gasteiger partial charge in [0.1, 0.15) is 0 Å². The van der Waals surface area contributed by atoms with E-state index >= 15 is 0 Å². The average Bonchev–Trinajstić information content (AvgIpc) is 2.26. The maximum atomic E-state index is 14.0. The van der Waals surface area contributed by atoms with E-state index < -0.39 is 12.3 Å². The predicted molar refractivity (Wildman–Crippen MR) is 62.5 cm³/mol. The minimum atomic E-state index is -1.65. The molecular weight excluding hydrogens is 239 g/mol. The first-order valence-corrected chi connectivity index (χ1v) is 6.29. The summed E-state index contributed by atoms with van der Waals surface area (Å²) in [6.45, 7) is 2.31. The van der Waals surface area contributed by atoms with Gasteiger partial charge in [-0.05, 0) is 12.8 Å². The van der Waals surface area contributed by atoms with Crippen molar-refractivity contribution in [2.24, 2.45) is 5.92 Å². The van der Waals surface area contributed by atoms with Crippen molar-refractivity contribution in [3.8, 4) is 0 Å². The third-order valence-corrected chi connectivity index (χ3v) is 3.80. The van der Waals surface area contributed by atoms with Crippen LogP contribution in [-0.4, -0.2) is 65.2 Å². The van der Waals surface area contributed by atoms with Crippen LogP contribution < -0.4 is 0 Å². The molecule has 1 unspecified atom stereocenters. The summed E-state index contributed by atoms with van der Waals surface area (Å²) in [5, 5.41) is 9.01. The fraction of sp³-hybridized carbons (Fsp3) is 0.833. The van der Waals surface area contributed by atoms with Crippen molar-refractivity contribution >= 4 is 11.8 Å². The Morgan fingerprint density at radius 3 is 2.61 bits per heavy atom. The van der Waals surface area contributed by atoms with Gasteiger partial charge in [-0.2, -0.15) is 0 Å². The van der Waals surface area contributed by atoms with E-state index in [1.165, 1.54) is 11.8 Å². The number of hydrogen-bond acceptors (Lipinski definition) is 3. The SMILES string of the molecule is CC(=O)N1CC(C(=O)N2CCCC(F)(CO)C2)C1. The van der Waals surface area contributed by atoms with Crippen LogP contribution in [0.15, 0.2) is 0 Å². The van der Waals surface area contributed by atoms with E-state index in [1.54, 1.807) is 4.90 Å². The average molecular weight is 258 g/mol. The second-order valence-corrected chi connectivity index (χ2v) is 5.29. The van der Waals surface area contributed by atoms with Gasteiger partial charge in [0, 0.05) is 26.6 Å². The topological polar surface area (TPSA) is 60.9 Å². The molecule has 1 N–H and O–H groups in total. The Morgan fingerprint density at radius 1 is 1.39 bits per heavy atom. The Balaban J connectivity index is 1.89. The van der Waals surface area contributed by atoms with Crippen LogP contribution in [0, 0.1) is 5.92 Å². The third-order valence-electron chi connectivity index (χ3n) is 3.80. The van der Waals surface area contributed by atoms with Crippen molar-refractivity contribution in [3.63, 3.8) is 0 Å². The Labute approximate surface area is 106 Å². The molecule has 1 atom stereocenters. The predicted octanol–water partition coefficient (Wildman–Crippen LogP) is -0.212. The first kappa shape index (κ1) is 13.3. The van der Waals surface area contributed by atoms with Gasteiger partial charge in [0.05, 0.1) is 19.1 Å². The molecule has 2 saturated heterocycles. The number of hydrogen-bond donors (Lipinski definition) is 1. The first-order valence-electron chi connectivity index (χ1n) is 6.29. The molecule has 2 heterocycles. The number of carbonyl (C=O) groups is 2. The summed E-state index contributed by atoms with van der Waals surface area (Å²) < 4.78 is 14.0. The lowest BCUT2D eigenvalue weighted by Crippen LogP contribution is -2.59. The van der Waals surface area contributed by atoms with Crippen LogP contribution in [0.2, 0.25) is 0 Å². The van der Waals surface area contributed by atoms with Crippen molar-refractivity contribution in [1.29, 1.82) is 0 Å². The minimum Gasteiger partial charge on any atom is -0.393 e. The standard InChI is InChI=1S/C12H19FN2O3/c1-9(17)15-5-10(6-15)11(18)14-4-2-3-12(13,7-14)8-16/h10,16H,2-8H2,1H3. The molecular formula is C12H19FN2O3. The summed E-state index contributed by atoms with van der Waals surface area (Å²) in [7, 11) is 0. The molecule has 0 aromatic carbocycles. The van der Waals surface area contributed by atoms with E-state index in [-0.39, 0.29) is 24.3 Å². The number of aliphatic hydroxyl groups is 1. The Kier molecular flexibility index (Phi) is 3.56. The first-order chi connectivity index (χ1) is 8.45. The Morgan fingerprint density at radius 2 is 2.06 bits per heavy atom. The number of carbonyl (C=O) groups excluding carboxylic acids is 2. The highest BCUT2D eigenvalue weighted by Gasteiger charge is 2.41. The zero-order valence-electron chi connectivity index (χ0n) is 10.6. The molecule has 102 valence electrons. The molecule has 0 saturated carbocycles. The van der Waals surface area contributed by atoms with Gasteiger partial charge in [-0.15, -0.1) is 0 Å². The third kappa shape index (κ3) is 2.48. The lowest BCUT2D eigenvalue weighted by atomic mass is 9.92. The van der Waals surface area contributed by atoms with Gasteiger partial charge in [0.15, 0.2) is 5.67 Å². The molecule has 0 aromatic heterocycles. The van der Waals surface area contributed by atoms with E-state index in [0.717, 1.165) is 0 Å². The summed E-state index contributed by atoms with van der Waals surface area (Å²) in [5.74, 6) is -0.328. The molecule has 6 heteroatoms. The maximum absolute atomic E-state index is 14.0. The molecule has 0 aliphatic carbocycles. The monoisotopic (exact) mass is 258 g/mol. The Bertz CT molecular complexity index is 357. The maximum Gasteiger partial charge on any atom is 0.229 e. The zero-order chi connectivity index (χ0) is 13.3. The zero-order valence-corrected chi connectivity index (χ0v) is 10.6. The fourth-order valence-corrected chi connectivity index (χ4v) is 2.55. The Hall–Kier alpha value is -1.17. The van der Waals surface area contributed by atoms with Gasteiger partial charge in [-0.1, -0.05) is 0 Å². The van der Waals surface area contributed by atoms with Gasteiger partial charge in [-0.25, -0.2) is 4.39 Å². The molecule has 18 heavy (non-hydrogen) atoms. The van der Waals surface area contributed by atoms with Gasteiger partial charge in [0.2, 0.25) is 11.8 Å². The molecule has 0 aromatic rings. The highest BCUT2D eigenvalue weighted by molar-refractivity contribution is 5.83. The van der Waals surface area contributed by atoms with Crippen molar-refractivity contribution in [2.75, 3.05) is 32.8 Å². The lowest BCUT2D eigenvalue weighted by Gasteiger charge is -2.43. The van der Waals surface area contributed by atoms with Crippen LogP contribution in [0.1, 0.15) is 19.8 Å². The smallest absolute Gasteiger partial charge is 0.229 e. The van der Waals surface area contributed by atoms with Crippen LogP contribution in [-0.2, 0) is 9.59 Å². The summed E-state index contributed by atoms with van der Waals surface area (Å²) in [6, 6.07) is 0. The minimum absolute atomic E-state index is 0.0289. The molecule has 2 aliphatic heterocycles. The molecule has 0 bridgehead atoms. The van der Waals surface area contributed by atoms with Gasteiger partial charge in [0.25, 0.3) is 0 Å². The molecule has 2 rings (SSSR count). The van der Waals surface area contributed by atoms with E-state index in [1.807, 2.05) is 0 Å². The van der Waals surface area contributed by atoms with Crippen molar-refractivity contribution in [1.82, 2.24) is 9.80 Å². The van der Waals surface area contributed by atoms with Crippen LogP contribution in [0.25, 0.3) is 0 Å². The van der Waals surface area contributed by atoms with E-state index in [2.05, 4.69) is 0 Å². The second kappa shape index (κ2) is 4.84. The molecule has 2 aliphatic rings. The molecule has 2 fully saturated rings. The van der Waals surface area contributed by atoms with Crippen LogP contribution in [0.5, 0.6) is 0 Å². The lowest BCUT2D eigenvalue weighted by molar-refractivity contribution is -0.150. The van der Waals surface area contributed by atoms with Crippen LogP contribution in [0.4, 0.5) is 4.39 Å². The van der Waals surface area contributed by atoms with Crippen molar-refractivity contribution < 1.29 is 19.1 Å². The number of alkyl halides is 1. The fourth-order valence-electron chi connectivity index (χ4n) is 2.55. The molecule has 2 amide bonds. The summed E-state index contributed by atoms with van der Waals surface area (Å²) >= 11 is 0. The van der Waals surface area contributed by atoms with Gasteiger partial charge in [-0.3, -0.25) is 9.59 Å². The van der Waals surface area contributed by atoms with Crippen molar-refractivity contribution in [2.45, 2.75) is 25.4 Å². The quantitative estimate of drug-likeness (QED) is 0.745. The normalized spacial score (nSPS) is 29.1. The summed E-state index contributed by atoms with van der Waals surface area (Å²) in [5.41, 5.74) is -1.65. The van der Waals surface area contributed by atoms with Gasteiger partial charge >= 0.3 is 0 Å². The van der Waals surface area contributed by atoms with E-state index in [9.17, 15) is 14.0 Å². The van der Waals surface area contributed by atoms with E-state index in [4.69, 9.17) is 5.11 Å². The molecule has 0 radical (unpaired) electrons. The number of likely N-dealkylation sites (tertiary alicyclic amines) is 2. The molecule has 5 nitrogen and oxygen atoms in total. The number of piperidine rings is 1. The number of rotatable bonds is 2. The largest absolute Gasteiger partial charge is 0.393 e. The van der Waals surface area contributed by atoms with E-state index in [0.29, 0.717) is 32.5 Å². The highest BCUT2D eigenvalue weighted by Crippen LogP contribution is 2.27. The van der Waals surface area contributed by atoms with Crippen LogP contribution >= 0.6 is 0 Å². The summed E-state index contributed by atoms with van der Waals surface area (Å²) in [6.07, 6.45) is 0.878. The number of amides is 2. The number of nitrogens with zero attached hydrogens (tertiary/aromatic N) is 2. The molecule has 0 spiro atoms. The second-order valence-electron chi connectivity index (χ2n) is 5.29.